The maximum Gasteiger partial charge on any atom is 0.416 e. The molecule has 4 nitrogen and oxygen atoms in total. The number of nitrogens with one attached hydrogen (secondary N) is 1. The first-order valence-electron chi connectivity index (χ1n) is 8.55. The van der Waals surface area contributed by atoms with Crippen LogP contribution >= 0.6 is 11.6 Å². The largest absolute Gasteiger partial charge is 0.416 e. The van der Waals surface area contributed by atoms with Crippen LogP contribution in [0.25, 0.3) is 0 Å². The summed E-state index contributed by atoms with van der Waals surface area (Å²) in [4.78, 5) is 10.8. The number of hydrogen-bond donors (Lipinski definition) is 1. The Bertz CT molecular complexity index is 989. The van der Waals surface area contributed by atoms with E-state index in [4.69, 9.17) is 11.6 Å². The molecule has 10 heteroatoms. The Hall–Kier alpha value is -2.13. The predicted molar refractivity (Wildman–Crippen MR) is 101 cm³/mol. The lowest BCUT2D eigenvalue weighted by Crippen LogP contribution is -2.28. The first kappa shape index (κ1) is 23.2. The molecule has 0 heterocycles. The molecule has 0 aromatic heterocycles. The Labute approximate surface area is 170 Å². The molecule has 0 saturated heterocycles. The van der Waals surface area contributed by atoms with Gasteiger partial charge in [-0.25, -0.2) is 12.8 Å². The maximum absolute atomic E-state index is 12.6. The van der Waals surface area contributed by atoms with E-state index >= 15 is 0 Å². The fraction of sp³-hybridized carbons (Fsp3) is 0.316. The quantitative estimate of drug-likeness (QED) is 0.677. The summed E-state index contributed by atoms with van der Waals surface area (Å²) in [6, 6.07) is 7.77. The van der Waals surface area contributed by atoms with Crippen molar-refractivity contribution in [2.45, 2.75) is 35.6 Å². The summed E-state index contributed by atoms with van der Waals surface area (Å²) in [5.74, 6) is -0.804. The Kier molecular flexibility index (Phi) is 7.29. The average Bonchev–Trinajstić information content (AvgIpc) is 2.61. The summed E-state index contributed by atoms with van der Waals surface area (Å²) in [6.07, 6.45) is -2.61. The van der Waals surface area contributed by atoms with Crippen LogP contribution in [0.15, 0.2) is 47.4 Å². The van der Waals surface area contributed by atoms with Crippen LogP contribution in [0.1, 0.15) is 35.2 Å². The molecule has 1 saturated carbocycles. The minimum absolute atomic E-state index is 0.0453. The summed E-state index contributed by atoms with van der Waals surface area (Å²) >= 11 is 5.46. The van der Waals surface area contributed by atoms with Crippen molar-refractivity contribution in [3.8, 4) is 0 Å². The second kappa shape index (κ2) is 9.13. The Balaban J connectivity index is 0.000000221. The first-order chi connectivity index (χ1) is 13.5. The molecule has 0 bridgehead atoms. The van der Waals surface area contributed by atoms with E-state index in [1.54, 1.807) is 0 Å². The molecule has 1 aliphatic rings. The zero-order valence-corrected chi connectivity index (χ0v) is 16.8. The number of carbonyl (C=O) groups is 1. The third-order valence-corrected chi connectivity index (χ3v) is 6.94. The van der Waals surface area contributed by atoms with E-state index < -0.39 is 32.6 Å². The van der Waals surface area contributed by atoms with Gasteiger partial charge in [0.15, 0.2) is 9.84 Å². The van der Waals surface area contributed by atoms with Gasteiger partial charge in [0.05, 0.1) is 20.7 Å². The highest BCUT2D eigenvalue weighted by Gasteiger charge is 2.35. The molecular formula is C19H18ClF4NO3S. The van der Waals surface area contributed by atoms with Crippen LogP contribution in [0.3, 0.4) is 0 Å². The molecule has 0 aliphatic heterocycles. The fourth-order valence-corrected chi connectivity index (χ4v) is 4.58. The van der Waals surface area contributed by atoms with Crippen molar-refractivity contribution in [3.05, 3.63) is 64.4 Å². The Morgan fingerprint density at radius 1 is 1.14 bits per heavy atom. The number of hydrogen-bond acceptors (Lipinski definition) is 3. The van der Waals surface area contributed by atoms with Gasteiger partial charge < -0.3 is 5.32 Å². The summed E-state index contributed by atoms with van der Waals surface area (Å²) in [7, 11) is -2.09. The van der Waals surface area contributed by atoms with Crippen LogP contribution < -0.4 is 5.32 Å². The highest BCUT2D eigenvalue weighted by atomic mass is 35.5. The van der Waals surface area contributed by atoms with Gasteiger partial charge in [0, 0.05) is 12.6 Å². The molecular weight excluding hydrogens is 434 g/mol. The highest BCUT2D eigenvalue weighted by Crippen LogP contribution is 2.34. The Morgan fingerprint density at radius 2 is 1.79 bits per heavy atom. The number of halogens is 5. The molecule has 0 unspecified atom stereocenters. The van der Waals surface area contributed by atoms with Gasteiger partial charge in [0.2, 0.25) is 0 Å². The van der Waals surface area contributed by atoms with Crippen molar-refractivity contribution in [3.63, 3.8) is 0 Å². The van der Waals surface area contributed by atoms with Crippen LogP contribution in [0.4, 0.5) is 17.6 Å². The minimum atomic E-state index is -4.51. The molecule has 1 N–H and O–H groups in total. The van der Waals surface area contributed by atoms with Crippen LogP contribution in [0, 0.1) is 5.82 Å². The third-order valence-electron chi connectivity index (χ3n) is 4.39. The number of rotatable bonds is 3. The standard InChI is InChI=1S/C11H11F3O2S.C8H7ClFNO/c12-11(13,14)8-3-1-6-10(7-8)17(15,16)9-4-2-5-9;1-11-8(12)5-2-3-7(10)6(9)4-5/h1,3,6-7,9H,2,4-5H2;2-4H,1H3,(H,11,12). The molecule has 1 amide bonds. The van der Waals surface area contributed by atoms with Gasteiger partial charge in [0.25, 0.3) is 5.91 Å². The summed E-state index contributed by atoms with van der Waals surface area (Å²) in [6.45, 7) is 0. The Morgan fingerprint density at radius 3 is 2.28 bits per heavy atom. The number of amides is 1. The van der Waals surface area contributed by atoms with Gasteiger partial charge in [-0.05, 0) is 49.2 Å². The monoisotopic (exact) mass is 451 g/mol. The molecule has 29 heavy (non-hydrogen) atoms. The lowest BCUT2D eigenvalue weighted by molar-refractivity contribution is -0.137. The van der Waals surface area contributed by atoms with Crippen molar-refractivity contribution in [1.82, 2.24) is 5.32 Å². The minimum Gasteiger partial charge on any atom is -0.355 e. The molecule has 0 atom stereocenters. The molecule has 1 fully saturated rings. The molecule has 0 spiro atoms. The number of sulfone groups is 1. The summed E-state index contributed by atoms with van der Waals surface area (Å²) in [5.41, 5.74) is -0.568. The van der Waals surface area contributed by atoms with Gasteiger partial charge >= 0.3 is 6.18 Å². The highest BCUT2D eigenvalue weighted by molar-refractivity contribution is 7.92. The van der Waals surface area contributed by atoms with Gasteiger partial charge in [0.1, 0.15) is 5.82 Å². The SMILES string of the molecule is CNC(=O)c1ccc(F)c(Cl)c1.O=S(=O)(c1cccc(C(F)(F)F)c1)C1CCC1. The molecule has 3 rings (SSSR count). The van der Waals surface area contributed by atoms with Crippen molar-refractivity contribution < 1.29 is 30.8 Å². The fourth-order valence-electron chi connectivity index (χ4n) is 2.50. The van der Waals surface area contributed by atoms with Crippen molar-refractivity contribution in [1.29, 1.82) is 0 Å². The van der Waals surface area contributed by atoms with Crippen LogP contribution in [-0.2, 0) is 16.0 Å². The second-order valence-electron chi connectivity index (χ2n) is 6.33. The van der Waals surface area contributed by atoms with Gasteiger partial charge in [-0.1, -0.05) is 24.1 Å². The number of carbonyl (C=O) groups excluding carboxylic acids is 1. The predicted octanol–water partition coefficient (Wildman–Crippen LogP) is 4.87. The lowest BCUT2D eigenvalue weighted by Gasteiger charge is -2.25. The van der Waals surface area contributed by atoms with E-state index in [2.05, 4.69) is 5.32 Å². The molecule has 2 aromatic rings. The van der Waals surface area contributed by atoms with E-state index in [9.17, 15) is 30.8 Å². The van der Waals surface area contributed by atoms with Crippen LogP contribution in [0.2, 0.25) is 5.02 Å². The molecule has 0 radical (unpaired) electrons. The first-order valence-corrected chi connectivity index (χ1v) is 10.5. The van der Waals surface area contributed by atoms with Crippen LogP contribution in [-0.4, -0.2) is 26.6 Å². The summed E-state index contributed by atoms with van der Waals surface area (Å²) in [5, 5.41) is 1.85. The van der Waals surface area contributed by atoms with Gasteiger partial charge in [-0.15, -0.1) is 0 Å². The molecule has 2 aromatic carbocycles. The smallest absolute Gasteiger partial charge is 0.355 e. The molecule has 158 valence electrons. The van der Waals surface area contributed by atoms with E-state index in [0.29, 0.717) is 24.5 Å². The van der Waals surface area contributed by atoms with Crippen molar-refractivity contribution >= 4 is 27.3 Å². The van der Waals surface area contributed by atoms with Crippen molar-refractivity contribution in [2.24, 2.45) is 0 Å². The van der Waals surface area contributed by atoms with Crippen LogP contribution in [0.5, 0.6) is 0 Å². The normalized spacial score (nSPS) is 14.4. The van der Waals surface area contributed by atoms with Crippen molar-refractivity contribution in [2.75, 3.05) is 7.05 Å². The zero-order valence-electron chi connectivity index (χ0n) is 15.3. The topological polar surface area (TPSA) is 63.2 Å². The second-order valence-corrected chi connectivity index (χ2v) is 8.97. The lowest BCUT2D eigenvalue weighted by atomic mass is 10.00. The van der Waals surface area contributed by atoms with E-state index in [1.165, 1.54) is 25.2 Å². The van der Waals surface area contributed by atoms with Gasteiger partial charge in [-0.3, -0.25) is 4.79 Å². The molecule has 1 aliphatic carbocycles. The van der Waals surface area contributed by atoms with E-state index in [-0.39, 0.29) is 15.8 Å². The number of benzene rings is 2. The third kappa shape index (κ3) is 5.70. The maximum atomic E-state index is 12.6. The number of alkyl halides is 3. The van der Waals surface area contributed by atoms with Gasteiger partial charge in [-0.2, -0.15) is 13.2 Å². The zero-order chi connectivity index (χ0) is 21.8. The van der Waals surface area contributed by atoms with E-state index in [1.807, 2.05) is 0 Å². The van der Waals surface area contributed by atoms with E-state index in [0.717, 1.165) is 24.6 Å². The summed E-state index contributed by atoms with van der Waals surface area (Å²) < 4.78 is 73.8. The average molecular weight is 452 g/mol.